The van der Waals surface area contributed by atoms with Crippen molar-refractivity contribution >= 4 is 23.7 Å². The van der Waals surface area contributed by atoms with Gasteiger partial charge in [-0.25, -0.2) is 0 Å². The molecular formula is C12H24N6O3. The van der Waals surface area contributed by atoms with Crippen molar-refractivity contribution in [1.82, 2.24) is 10.6 Å². The Balaban J connectivity index is 4.12. The molecule has 9 heteroatoms. The molecule has 0 aliphatic carbocycles. The molecule has 0 saturated carbocycles. The number of carbonyl (C=O) groups excluding carboxylic acids is 3. The van der Waals surface area contributed by atoms with E-state index in [2.05, 4.69) is 15.6 Å². The third kappa shape index (κ3) is 10.2. The number of amides is 3. The van der Waals surface area contributed by atoms with Crippen LogP contribution in [0, 0.1) is 0 Å². The first kappa shape index (κ1) is 18.7. The summed E-state index contributed by atoms with van der Waals surface area (Å²) in [6, 6.07) is -0.810. The summed E-state index contributed by atoms with van der Waals surface area (Å²) in [7, 11) is 0. The number of nitrogens with zero attached hydrogens (tertiary/aromatic N) is 1. The summed E-state index contributed by atoms with van der Waals surface area (Å²) in [4.78, 5) is 37.8. The van der Waals surface area contributed by atoms with Crippen LogP contribution in [0.1, 0.15) is 32.6 Å². The lowest BCUT2D eigenvalue weighted by molar-refractivity contribution is -0.128. The average molecular weight is 300 g/mol. The molecule has 0 saturated heterocycles. The number of hydrogen-bond acceptors (Lipinski definition) is 4. The molecule has 0 spiro atoms. The zero-order valence-electron chi connectivity index (χ0n) is 12.2. The molecule has 0 heterocycles. The van der Waals surface area contributed by atoms with Gasteiger partial charge in [-0.15, -0.1) is 0 Å². The normalized spacial score (nSPS) is 11.3. The number of primary amides is 1. The first-order valence-corrected chi connectivity index (χ1v) is 6.77. The van der Waals surface area contributed by atoms with Crippen LogP contribution in [-0.2, 0) is 14.4 Å². The van der Waals surface area contributed by atoms with Gasteiger partial charge in [0, 0.05) is 13.0 Å². The Hall–Kier alpha value is -2.32. The molecule has 0 bridgehead atoms. The predicted molar refractivity (Wildman–Crippen MR) is 79.0 cm³/mol. The van der Waals surface area contributed by atoms with Crippen LogP contribution in [-0.4, -0.2) is 42.8 Å². The highest BCUT2D eigenvalue weighted by Crippen LogP contribution is 1.97. The molecule has 3 amide bonds. The van der Waals surface area contributed by atoms with E-state index in [0.717, 1.165) is 0 Å². The van der Waals surface area contributed by atoms with Gasteiger partial charge in [-0.2, -0.15) is 0 Å². The minimum Gasteiger partial charge on any atom is -0.370 e. The number of guanidine groups is 1. The van der Waals surface area contributed by atoms with Gasteiger partial charge >= 0.3 is 0 Å². The lowest BCUT2D eigenvalue weighted by Crippen LogP contribution is -2.48. The minimum atomic E-state index is -0.810. The molecule has 9 nitrogen and oxygen atoms in total. The molecule has 0 fully saturated rings. The van der Waals surface area contributed by atoms with E-state index in [0.29, 0.717) is 32.2 Å². The van der Waals surface area contributed by atoms with Crippen molar-refractivity contribution in [2.75, 3.05) is 13.1 Å². The number of nitrogens with one attached hydrogen (secondary N) is 2. The van der Waals surface area contributed by atoms with Crippen LogP contribution in [0.4, 0.5) is 0 Å². The lowest BCUT2D eigenvalue weighted by Gasteiger charge is -2.15. The largest absolute Gasteiger partial charge is 0.370 e. The summed E-state index contributed by atoms with van der Waals surface area (Å²) >= 11 is 0. The maximum absolute atomic E-state index is 11.6. The van der Waals surface area contributed by atoms with Gasteiger partial charge in [-0.1, -0.05) is 6.92 Å². The second kappa shape index (κ2) is 10.5. The van der Waals surface area contributed by atoms with Gasteiger partial charge in [-0.3, -0.25) is 19.4 Å². The van der Waals surface area contributed by atoms with Crippen LogP contribution >= 0.6 is 0 Å². The predicted octanol–water partition coefficient (Wildman–Crippen LogP) is -2.07. The van der Waals surface area contributed by atoms with Crippen molar-refractivity contribution in [3.63, 3.8) is 0 Å². The molecule has 0 rings (SSSR count). The summed E-state index contributed by atoms with van der Waals surface area (Å²) in [5, 5.41) is 4.91. The van der Waals surface area contributed by atoms with Crippen LogP contribution in [0.15, 0.2) is 4.99 Å². The van der Waals surface area contributed by atoms with Crippen LogP contribution in [0.5, 0.6) is 0 Å². The maximum Gasteiger partial charge on any atom is 0.240 e. The molecule has 8 N–H and O–H groups in total. The first-order chi connectivity index (χ1) is 9.86. The van der Waals surface area contributed by atoms with E-state index < -0.39 is 17.9 Å². The molecule has 0 aromatic carbocycles. The Morgan fingerprint density at radius 2 is 1.81 bits per heavy atom. The van der Waals surface area contributed by atoms with E-state index in [4.69, 9.17) is 17.2 Å². The zero-order chi connectivity index (χ0) is 16.3. The van der Waals surface area contributed by atoms with Gasteiger partial charge in [0.15, 0.2) is 5.96 Å². The van der Waals surface area contributed by atoms with Gasteiger partial charge in [0.05, 0.1) is 6.54 Å². The Morgan fingerprint density at radius 3 is 2.33 bits per heavy atom. The van der Waals surface area contributed by atoms with Crippen LogP contribution < -0.4 is 27.8 Å². The van der Waals surface area contributed by atoms with Gasteiger partial charge in [-0.05, 0) is 19.3 Å². The number of nitrogens with two attached hydrogens (primary N) is 3. The molecular weight excluding hydrogens is 276 g/mol. The van der Waals surface area contributed by atoms with E-state index >= 15 is 0 Å². The fourth-order valence-corrected chi connectivity index (χ4v) is 1.53. The smallest absolute Gasteiger partial charge is 0.240 e. The van der Waals surface area contributed by atoms with E-state index in [-0.39, 0.29) is 18.4 Å². The number of aliphatic imine (C=N–C) groups is 1. The number of rotatable bonds is 10. The maximum atomic E-state index is 11.6. The molecule has 0 aromatic rings. The highest BCUT2D eigenvalue weighted by molar-refractivity contribution is 5.89. The zero-order valence-corrected chi connectivity index (χ0v) is 12.2. The second-order valence-electron chi connectivity index (χ2n) is 4.50. The third-order valence-corrected chi connectivity index (χ3v) is 2.55. The quantitative estimate of drug-likeness (QED) is 0.177. The third-order valence-electron chi connectivity index (χ3n) is 2.55. The van der Waals surface area contributed by atoms with E-state index in [1.165, 1.54) is 0 Å². The Morgan fingerprint density at radius 1 is 1.14 bits per heavy atom. The van der Waals surface area contributed by atoms with Gasteiger partial charge in [0.25, 0.3) is 0 Å². The van der Waals surface area contributed by atoms with Crippen molar-refractivity contribution in [3.05, 3.63) is 0 Å². The highest BCUT2D eigenvalue weighted by Gasteiger charge is 2.17. The second-order valence-corrected chi connectivity index (χ2v) is 4.50. The van der Waals surface area contributed by atoms with Gasteiger partial charge in [0.1, 0.15) is 6.04 Å². The van der Waals surface area contributed by atoms with E-state index in [1.54, 1.807) is 0 Å². The summed E-state index contributed by atoms with van der Waals surface area (Å²) in [5.74, 6) is -1.36. The standard InChI is InChI=1S/C12H24N6O3/c1-2-4-9(19)17-7-10(20)18-8(11(13)21)5-3-6-16-12(14)15/h8H,2-7H2,1H3,(H2,13,21)(H,17,19)(H,18,20)(H4,14,15,16). The van der Waals surface area contributed by atoms with Crippen molar-refractivity contribution in [3.8, 4) is 0 Å². The molecule has 1 atom stereocenters. The van der Waals surface area contributed by atoms with Crippen LogP contribution in [0.25, 0.3) is 0 Å². The molecule has 0 aromatic heterocycles. The summed E-state index contributed by atoms with van der Waals surface area (Å²) < 4.78 is 0. The van der Waals surface area contributed by atoms with E-state index in [1.807, 2.05) is 6.92 Å². The van der Waals surface area contributed by atoms with Crippen molar-refractivity contribution in [2.24, 2.45) is 22.2 Å². The number of hydrogen-bond donors (Lipinski definition) is 5. The monoisotopic (exact) mass is 300 g/mol. The summed E-state index contributed by atoms with van der Waals surface area (Å²) in [6.45, 7) is 2.02. The minimum absolute atomic E-state index is 0.0340. The molecule has 0 radical (unpaired) electrons. The van der Waals surface area contributed by atoms with Crippen molar-refractivity contribution in [2.45, 2.75) is 38.6 Å². The molecule has 21 heavy (non-hydrogen) atoms. The molecule has 120 valence electrons. The average Bonchev–Trinajstić information content (AvgIpc) is 2.39. The Kier molecular flexibility index (Phi) is 9.31. The van der Waals surface area contributed by atoms with Crippen LogP contribution in [0.3, 0.4) is 0 Å². The first-order valence-electron chi connectivity index (χ1n) is 6.77. The van der Waals surface area contributed by atoms with Crippen LogP contribution in [0.2, 0.25) is 0 Å². The van der Waals surface area contributed by atoms with Gasteiger partial charge in [0.2, 0.25) is 17.7 Å². The van der Waals surface area contributed by atoms with Gasteiger partial charge < -0.3 is 27.8 Å². The molecule has 1 unspecified atom stereocenters. The molecule has 0 aliphatic heterocycles. The van der Waals surface area contributed by atoms with Crippen molar-refractivity contribution < 1.29 is 14.4 Å². The summed E-state index contributed by atoms with van der Waals surface area (Å²) in [5.41, 5.74) is 15.5. The lowest BCUT2D eigenvalue weighted by atomic mass is 10.1. The Bertz CT molecular complexity index is 392. The summed E-state index contributed by atoms with van der Waals surface area (Å²) in [6.07, 6.45) is 1.86. The fraction of sp³-hybridized carbons (Fsp3) is 0.667. The highest BCUT2D eigenvalue weighted by atomic mass is 16.2. The van der Waals surface area contributed by atoms with Crippen molar-refractivity contribution in [1.29, 1.82) is 0 Å². The molecule has 0 aliphatic rings. The fourth-order valence-electron chi connectivity index (χ4n) is 1.53. The Labute approximate surface area is 123 Å². The SMILES string of the molecule is CCCC(=O)NCC(=O)NC(CCCN=C(N)N)C(N)=O. The number of carbonyl (C=O) groups is 3. The topological polar surface area (TPSA) is 166 Å². The van der Waals surface area contributed by atoms with E-state index in [9.17, 15) is 14.4 Å².